The van der Waals surface area contributed by atoms with Gasteiger partial charge < -0.3 is 14.0 Å². The Hall–Kier alpha value is -1.90. The summed E-state index contributed by atoms with van der Waals surface area (Å²) in [6.45, 7) is 2.36. The lowest BCUT2D eigenvalue weighted by atomic mass is 10.2. The first kappa shape index (κ1) is 8.41. The molecule has 0 aliphatic carbocycles. The van der Waals surface area contributed by atoms with Crippen molar-refractivity contribution in [1.29, 1.82) is 0 Å². The van der Waals surface area contributed by atoms with Crippen LogP contribution < -0.4 is 9.47 Å². The van der Waals surface area contributed by atoms with Gasteiger partial charge in [-0.15, -0.1) is 0 Å². The van der Waals surface area contributed by atoms with Gasteiger partial charge in [0.1, 0.15) is 0 Å². The number of benzene rings is 1. The maximum Gasteiger partial charge on any atom is 0.231 e. The van der Waals surface area contributed by atoms with Crippen LogP contribution in [0.3, 0.4) is 0 Å². The van der Waals surface area contributed by atoms with Crippen LogP contribution in [0.5, 0.6) is 11.5 Å². The van der Waals surface area contributed by atoms with E-state index in [9.17, 15) is 0 Å². The van der Waals surface area contributed by atoms with Gasteiger partial charge in [0.05, 0.1) is 0 Å². The lowest BCUT2D eigenvalue weighted by Crippen LogP contribution is -1.94. The van der Waals surface area contributed by atoms with Gasteiger partial charge in [0.15, 0.2) is 11.5 Å². The Morgan fingerprint density at radius 1 is 1.27 bits per heavy atom. The highest BCUT2D eigenvalue weighted by Crippen LogP contribution is 2.33. The molecule has 0 fully saturated rings. The fourth-order valence-corrected chi connectivity index (χ4v) is 1.72. The molecule has 1 aliphatic rings. The molecule has 75 valence electrons. The zero-order valence-corrected chi connectivity index (χ0v) is 8.36. The number of aryl methyl sites for hydroxylation is 1. The Bertz CT molecular complexity index is 502. The highest BCUT2D eigenvalue weighted by atomic mass is 16.7. The van der Waals surface area contributed by atoms with Crippen LogP contribution in [0.1, 0.15) is 5.69 Å². The molecule has 0 saturated carbocycles. The van der Waals surface area contributed by atoms with Gasteiger partial charge >= 0.3 is 0 Å². The van der Waals surface area contributed by atoms with Crippen LogP contribution in [-0.2, 0) is 0 Å². The molecule has 0 amide bonds. The number of nitrogens with zero attached hydrogens (tertiary/aromatic N) is 1. The fraction of sp³-hybridized carbons (Fsp3) is 0.167. The maximum atomic E-state index is 5.33. The summed E-state index contributed by atoms with van der Waals surface area (Å²) in [4.78, 5) is 0. The molecular weight excluding hydrogens is 190 g/mol. The van der Waals surface area contributed by atoms with E-state index in [4.69, 9.17) is 9.47 Å². The molecule has 3 rings (SSSR count). The van der Waals surface area contributed by atoms with E-state index in [0.717, 1.165) is 22.9 Å². The van der Waals surface area contributed by atoms with Crippen LogP contribution in [0, 0.1) is 13.0 Å². The third-order valence-electron chi connectivity index (χ3n) is 2.51. The molecule has 3 heteroatoms. The first-order chi connectivity index (χ1) is 7.34. The lowest BCUT2D eigenvalue weighted by molar-refractivity contribution is 0.174. The quantitative estimate of drug-likeness (QED) is 0.705. The molecule has 0 bridgehead atoms. The van der Waals surface area contributed by atoms with E-state index < -0.39 is 0 Å². The molecule has 0 spiro atoms. The van der Waals surface area contributed by atoms with Crippen LogP contribution in [0.2, 0.25) is 0 Å². The van der Waals surface area contributed by atoms with Gasteiger partial charge in [0.25, 0.3) is 0 Å². The van der Waals surface area contributed by atoms with Crippen LogP contribution in [0.4, 0.5) is 0 Å². The van der Waals surface area contributed by atoms with Crippen molar-refractivity contribution in [3.8, 4) is 17.2 Å². The van der Waals surface area contributed by atoms with E-state index in [1.165, 1.54) is 0 Å². The van der Waals surface area contributed by atoms with Gasteiger partial charge in [-0.2, -0.15) is 0 Å². The molecular formula is C12H10NO2. The fourth-order valence-electron chi connectivity index (χ4n) is 1.72. The number of rotatable bonds is 1. The summed E-state index contributed by atoms with van der Waals surface area (Å²) in [6, 6.07) is 10.9. The minimum absolute atomic E-state index is 0.315. The van der Waals surface area contributed by atoms with Crippen molar-refractivity contribution in [2.75, 3.05) is 6.79 Å². The normalized spacial score (nSPS) is 13.1. The Kier molecular flexibility index (Phi) is 1.71. The van der Waals surface area contributed by atoms with Crippen molar-refractivity contribution in [2.24, 2.45) is 0 Å². The zero-order valence-electron chi connectivity index (χ0n) is 8.36. The average Bonchev–Trinajstić information content (AvgIpc) is 2.84. The molecule has 0 N–H and O–H groups in total. The summed E-state index contributed by atoms with van der Waals surface area (Å²) in [6.07, 6.45) is 1.91. The highest BCUT2D eigenvalue weighted by Gasteiger charge is 2.13. The number of hydrogen-bond donors (Lipinski definition) is 0. The predicted molar refractivity (Wildman–Crippen MR) is 55.5 cm³/mol. The van der Waals surface area contributed by atoms with Crippen LogP contribution in [-0.4, -0.2) is 11.4 Å². The molecule has 1 radical (unpaired) electrons. The monoisotopic (exact) mass is 200 g/mol. The number of fused-ring (bicyclic) bond motifs is 1. The van der Waals surface area contributed by atoms with Crippen LogP contribution in [0.15, 0.2) is 30.5 Å². The average molecular weight is 200 g/mol. The molecule has 1 aromatic heterocycles. The van der Waals surface area contributed by atoms with Crippen molar-refractivity contribution in [3.63, 3.8) is 0 Å². The molecule has 1 aromatic carbocycles. The molecule has 3 nitrogen and oxygen atoms in total. The summed E-state index contributed by atoms with van der Waals surface area (Å²) >= 11 is 0. The van der Waals surface area contributed by atoms with Gasteiger partial charge in [-0.3, -0.25) is 0 Å². The third kappa shape index (κ3) is 1.28. The largest absolute Gasteiger partial charge is 0.454 e. The van der Waals surface area contributed by atoms with Crippen LogP contribution in [0.25, 0.3) is 5.69 Å². The minimum Gasteiger partial charge on any atom is -0.454 e. The van der Waals surface area contributed by atoms with Crippen molar-refractivity contribution < 1.29 is 9.47 Å². The van der Waals surface area contributed by atoms with E-state index in [2.05, 4.69) is 10.6 Å². The molecule has 2 heterocycles. The van der Waals surface area contributed by atoms with E-state index in [0.29, 0.717) is 6.79 Å². The van der Waals surface area contributed by atoms with Crippen molar-refractivity contribution in [3.05, 3.63) is 42.2 Å². The SMILES string of the molecule is Cc1c[c]cn1-c1ccc2c(c1)OCO2. The number of hydrogen-bond acceptors (Lipinski definition) is 2. The molecule has 2 aromatic rings. The standard InChI is InChI=1S/C12H10NO2/c1-9-3-2-6-13(9)10-4-5-11-12(7-10)15-8-14-11/h3-7H,8H2,1H3. The summed E-state index contributed by atoms with van der Waals surface area (Å²) < 4.78 is 12.7. The van der Waals surface area contributed by atoms with E-state index in [1.54, 1.807) is 0 Å². The highest BCUT2D eigenvalue weighted by molar-refractivity contribution is 5.50. The van der Waals surface area contributed by atoms with E-state index >= 15 is 0 Å². The molecule has 1 aliphatic heterocycles. The number of ether oxygens (including phenoxy) is 2. The van der Waals surface area contributed by atoms with Crippen molar-refractivity contribution in [2.45, 2.75) is 6.92 Å². The van der Waals surface area contributed by atoms with Crippen molar-refractivity contribution >= 4 is 0 Å². The van der Waals surface area contributed by atoms with Gasteiger partial charge in [-0.05, 0) is 25.1 Å². The Balaban J connectivity index is 2.11. The Labute approximate surface area is 87.9 Å². The summed E-state index contributed by atoms with van der Waals surface area (Å²) in [5.41, 5.74) is 2.21. The molecule has 0 unspecified atom stereocenters. The first-order valence-corrected chi connectivity index (χ1v) is 4.80. The third-order valence-corrected chi connectivity index (χ3v) is 2.51. The predicted octanol–water partition coefficient (Wildman–Crippen LogP) is 2.31. The van der Waals surface area contributed by atoms with Gasteiger partial charge in [-0.1, -0.05) is 0 Å². The van der Waals surface area contributed by atoms with Gasteiger partial charge in [0.2, 0.25) is 6.79 Å². The van der Waals surface area contributed by atoms with E-state index in [1.807, 2.05) is 37.4 Å². The first-order valence-electron chi connectivity index (χ1n) is 4.80. The zero-order chi connectivity index (χ0) is 10.3. The molecule has 15 heavy (non-hydrogen) atoms. The lowest BCUT2D eigenvalue weighted by Gasteiger charge is -2.06. The Morgan fingerprint density at radius 2 is 2.13 bits per heavy atom. The summed E-state index contributed by atoms with van der Waals surface area (Å²) in [5.74, 6) is 1.62. The molecule has 0 atom stereocenters. The second-order valence-corrected chi connectivity index (χ2v) is 3.49. The maximum absolute atomic E-state index is 5.33. The summed E-state index contributed by atoms with van der Waals surface area (Å²) in [7, 11) is 0. The van der Waals surface area contributed by atoms with Gasteiger partial charge in [-0.25, -0.2) is 0 Å². The molecule has 0 saturated heterocycles. The summed E-state index contributed by atoms with van der Waals surface area (Å²) in [5, 5.41) is 0. The van der Waals surface area contributed by atoms with Gasteiger partial charge in [0, 0.05) is 29.7 Å². The van der Waals surface area contributed by atoms with Crippen molar-refractivity contribution in [1.82, 2.24) is 4.57 Å². The smallest absolute Gasteiger partial charge is 0.231 e. The second-order valence-electron chi connectivity index (χ2n) is 3.49. The number of aromatic nitrogens is 1. The van der Waals surface area contributed by atoms with E-state index in [-0.39, 0.29) is 0 Å². The van der Waals surface area contributed by atoms with Crippen LogP contribution >= 0.6 is 0 Å². The Morgan fingerprint density at radius 3 is 2.93 bits per heavy atom. The minimum atomic E-state index is 0.315. The topological polar surface area (TPSA) is 23.4 Å². The second kappa shape index (κ2) is 3.05.